The van der Waals surface area contributed by atoms with Gasteiger partial charge in [-0.25, -0.2) is 29.9 Å². The summed E-state index contributed by atoms with van der Waals surface area (Å²) in [6, 6.07) is 170. The van der Waals surface area contributed by atoms with Gasteiger partial charge in [0.15, 0.2) is 34.9 Å². The van der Waals surface area contributed by atoms with Gasteiger partial charge in [0.1, 0.15) is 0 Å². The summed E-state index contributed by atoms with van der Waals surface area (Å²) in [5, 5.41) is 33.0. The van der Waals surface area contributed by atoms with E-state index in [1.807, 2.05) is 36.4 Å². The van der Waals surface area contributed by atoms with E-state index >= 15 is 0 Å². The fraction of sp³-hybridized carbons (Fsp3) is 0. The first kappa shape index (κ1) is 78.6. The molecule has 0 amide bonds. The van der Waals surface area contributed by atoms with E-state index in [9.17, 15) is 0 Å². The van der Waals surface area contributed by atoms with E-state index in [-0.39, 0.29) is 0 Å². The third-order valence-corrected chi connectivity index (χ3v) is 29.0. The Morgan fingerprint density at radius 2 is 0.471 bits per heavy atom. The van der Waals surface area contributed by atoms with E-state index in [1.165, 1.54) is 135 Å². The number of rotatable bonds is 10. The SMILES string of the molecule is c1ccc(-c2nc(-c3ccc(-n4c5cc6ccccc6cc5c5c(-n6c7ccccc7c7ccc8ccccc8c76)cccc54)c4ccccc34)nc(-c3cc4ccccc4c4ccccc34)n2)cc1.c1ccc(-c2nc(-c3ccc(-n4c5ccccc5c5c(-n6c7ccccc7c7ccc8ccccc8c76)c6ccccc6cc54)c4ccccc34)nc(-c3cc4ccccc4c4ccccc34)n2)cc1. The number of nitrogens with zero attached hydrogens (tertiary/aromatic N) is 10. The van der Waals surface area contributed by atoms with Crippen molar-refractivity contribution in [2.24, 2.45) is 0 Å². The lowest BCUT2D eigenvalue weighted by Gasteiger charge is -2.17. The largest absolute Gasteiger partial charge is 0.309 e. The molecule has 6 aromatic heterocycles. The normalized spacial score (nSPS) is 12.0. The second kappa shape index (κ2) is 31.4. The van der Waals surface area contributed by atoms with E-state index in [0.29, 0.717) is 34.9 Å². The smallest absolute Gasteiger partial charge is 0.164 e. The molecular formula is C130H78N10. The van der Waals surface area contributed by atoms with Crippen LogP contribution in [0.25, 0.3) is 286 Å². The van der Waals surface area contributed by atoms with Crippen molar-refractivity contribution in [1.82, 2.24) is 48.2 Å². The van der Waals surface area contributed by atoms with Gasteiger partial charge in [0.25, 0.3) is 0 Å². The van der Waals surface area contributed by atoms with Crippen LogP contribution in [0.5, 0.6) is 0 Å². The molecule has 0 aliphatic rings. The van der Waals surface area contributed by atoms with Crippen molar-refractivity contribution in [2.45, 2.75) is 0 Å². The van der Waals surface area contributed by atoms with Gasteiger partial charge < -0.3 is 18.3 Å². The number of hydrogen-bond donors (Lipinski definition) is 0. The first-order valence-corrected chi connectivity index (χ1v) is 47.7. The predicted molar refractivity (Wildman–Crippen MR) is 585 cm³/mol. The van der Waals surface area contributed by atoms with Gasteiger partial charge >= 0.3 is 0 Å². The minimum atomic E-state index is 0.623. The lowest BCUT2D eigenvalue weighted by molar-refractivity contribution is 1.08. The molecule has 0 radical (unpaired) electrons. The van der Waals surface area contributed by atoms with Crippen LogP contribution in [0.2, 0.25) is 0 Å². The zero-order chi connectivity index (χ0) is 91.7. The molecule has 0 saturated heterocycles. The maximum Gasteiger partial charge on any atom is 0.164 e. The Balaban J connectivity index is 0.000000134. The summed E-state index contributed by atoms with van der Waals surface area (Å²) >= 11 is 0. The molecule has 0 fully saturated rings. The van der Waals surface area contributed by atoms with Gasteiger partial charge in [-0.1, -0.05) is 388 Å². The van der Waals surface area contributed by atoms with E-state index in [2.05, 4.69) is 455 Å². The predicted octanol–water partition coefficient (Wildman–Crippen LogP) is 33.7. The Bertz CT molecular complexity index is 10200. The highest BCUT2D eigenvalue weighted by Gasteiger charge is 2.29. The first-order valence-electron chi connectivity index (χ1n) is 47.7. The minimum Gasteiger partial charge on any atom is -0.309 e. The quantitative estimate of drug-likeness (QED) is 0.127. The van der Waals surface area contributed by atoms with Gasteiger partial charge in [0.2, 0.25) is 0 Å². The first-order chi connectivity index (χ1) is 69.5. The molecule has 24 aromatic carbocycles. The van der Waals surface area contributed by atoms with Gasteiger partial charge in [0, 0.05) is 103 Å². The van der Waals surface area contributed by atoms with Crippen LogP contribution >= 0.6 is 0 Å². The Kier molecular flexibility index (Phi) is 17.6. The van der Waals surface area contributed by atoms with E-state index < -0.39 is 0 Å². The zero-order valence-electron chi connectivity index (χ0n) is 75.5. The second-order valence-electron chi connectivity index (χ2n) is 36.6. The summed E-state index contributed by atoms with van der Waals surface area (Å²) in [7, 11) is 0. The number of benzene rings is 24. The molecule has 10 heteroatoms. The Morgan fingerprint density at radius 1 is 0.136 bits per heavy atom. The van der Waals surface area contributed by atoms with Crippen molar-refractivity contribution >= 4 is 195 Å². The molecule has 30 rings (SSSR count). The molecule has 0 N–H and O–H groups in total. The average Bonchev–Trinajstić information content (AvgIpc) is 1.54. The minimum absolute atomic E-state index is 0.623. The lowest BCUT2D eigenvalue weighted by atomic mass is 9.96. The van der Waals surface area contributed by atoms with Crippen LogP contribution < -0.4 is 0 Å². The van der Waals surface area contributed by atoms with Crippen molar-refractivity contribution < 1.29 is 0 Å². The van der Waals surface area contributed by atoms with Crippen molar-refractivity contribution in [3.05, 3.63) is 473 Å². The molecular weight excluding hydrogens is 1700 g/mol. The maximum absolute atomic E-state index is 5.41. The second-order valence-corrected chi connectivity index (χ2v) is 36.6. The molecule has 0 atom stereocenters. The highest BCUT2D eigenvalue weighted by molar-refractivity contribution is 6.28. The number of para-hydroxylation sites is 3. The summed E-state index contributed by atoms with van der Waals surface area (Å²) in [6.45, 7) is 0. The zero-order valence-corrected chi connectivity index (χ0v) is 75.5. The van der Waals surface area contributed by atoms with Crippen LogP contribution in [0.15, 0.2) is 473 Å². The van der Waals surface area contributed by atoms with Crippen LogP contribution in [-0.2, 0) is 0 Å². The Labute approximate surface area is 801 Å². The van der Waals surface area contributed by atoms with Gasteiger partial charge in [-0.05, 0) is 166 Å². The van der Waals surface area contributed by atoms with Gasteiger partial charge in [0.05, 0.1) is 66.9 Å². The van der Waals surface area contributed by atoms with Crippen molar-refractivity contribution in [3.8, 4) is 91.1 Å². The molecule has 0 spiro atoms. The topological polar surface area (TPSA) is 97.1 Å². The molecule has 0 saturated carbocycles. The molecule has 30 aromatic rings. The summed E-state index contributed by atoms with van der Waals surface area (Å²) in [5.41, 5.74) is 19.5. The number of hydrogen-bond acceptors (Lipinski definition) is 6. The summed E-state index contributed by atoms with van der Waals surface area (Å²) in [6.07, 6.45) is 0. The monoisotopic (exact) mass is 1780 g/mol. The Morgan fingerprint density at radius 3 is 0.971 bits per heavy atom. The lowest BCUT2D eigenvalue weighted by Crippen LogP contribution is -2.02. The fourth-order valence-electron chi connectivity index (χ4n) is 22.9. The molecule has 0 bridgehead atoms. The average molecular weight is 1780 g/mol. The van der Waals surface area contributed by atoms with Crippen LogP contribution in [0, 0.1) is 0 Å². The van der Waals surface area contributed by atoms with Crippen LogP contribution in [0.1, 0.15) is 0 Å². The maximum atomic E-state index is 5.41. The molecule has 0 unspecified atom stereocenters. The Hall–Kier alpha value is -18.9. The van der Waals surface area contributed by atoms with Gasteiger partial charge in [-0.15, -0.1) is 0 Å². The molecule has 10 nitrogen and oxygen atoms in total. The van der Waals surface area contributed by atoms with E-state index in [1.54, 1.807) is 0 Å². The standard InChI is InChI=1S/2C65H39N5/c1-2-19-41(20-3-1)63-66-64(68-65(67-63)55-38-42-21-5-7-23-44(42)47-26-10-11-27-48(47)55)53-36-37-58(50-29-13-12-28-49(50)53)69-57-33-17-15-31-54(57)60-59(69)39-43-22-6-9-25-46(43)62(60)70-56-32-16-14-30-51(56)52-35-34-40-18-4-8-24-45(40)61(52)70;1-2-18-41(19-3-1)63-66-64(68-65(67-63)54-38-44-22-7-8-23-45(44)47-25-10-11-26-48(47)54)53-35-36-57(50-28-13-12-27-49(50)53)69-58-31-16-32-59(61(58)55-37-42-20-4-5-21-43(42)39-60(55)69)70-56-30-15-14-29-51(56)52-34-33-40-17-6-9-24-46(40)62(52)70/h2*1-39H. The van der Waals surface area contributed by atoms with Crippen molar-refractivity contribution in [2.75, 3.05) is 0 Å². The van der Waals surface area contributed by atoms with Crippen molar-refractivity contribution in [3.63, 3.8) is 0 Å². The summed E-state index contributed by atoms with van der Waals surface area (Å²) in [4.78, 5) is 31.9. The molecule has 648 valence electrons. The van der Waals surface area contributed by atoms with E-state index in [4.69, 9.17) is 29.9 Å². The highest BCUT2D eigenvalue weighted by atomic mass is 15.1. The number of fused-ring (bicyclic) bond motifs is 26. The third kappa shape index (κ3) is 12.1. The van der Waals surface area contributed by atoms with Crippen LogP contribution in [-0.4, -0.2) is 48.2 Å². The molecule has 0 aliphatic heterocycles. The van der Waals surface area contributed by atoms with E-state index in [0.717, 1.165) is 116 Å². The molecule has 140 heavy (non-hydrogen) atoms. The fourth-order valence-corrected chi connectivity index (χ4v) is 22.9. The molecule has 6 heterocycles. The van der Waals surface area contributed by atoms with Crippen molar-refractivity contribution in [1.29, 1.82) is 0 Å². The van der Waals surface area contributed by atoms with Gasteiger partial charge in [-0.3, -0.25) is 0 Å². The van der Waals surface area contributed by atoms with Crippen LogP contribution in [0.4, 0.5) is 0 Å². The number of aromatic nitrogens is 10. The third-order valence-electron chi connectivity index (χ3n) is 29.0. The summed E-state index contributed by atoms with van der Waals surface area (Å²) in [5.74, 6) is 3.78. The summed E-state index contributed by atoms with van der Waals surface area (Å²) < 4.78 is 10.0. The highest BCUT2D eigenvalue weighted by Crippen LogP contribution is 2.50. The molecule has 0 aliphatic carbocycles. The van der Waals surface area contributed by atoms with Crippen LogP contribution in [0.3, 0.4) is 0 Å². The van der Waals surface area contributed by atoms with Gasteiger partial charge in [-0.2, -0.15) is 0 Å².